The van der Waals surface area contributed by atoms with Crippen LogP contribution in [0, 0.1) is 10.1 Å². The molecule has 0 aromatic heterocycles. The standard InChI is InChI=1S/C23H23N5O5S/c1-2-3-4-7-10-34-23-25-22(29)20-14-8-5-6-9-16(14)24-21(27(20)26-23)15-11-18-19(33-13-32-18)12-17(15)28(30)31/h5-6,8-9,11-12,21H,2-4,7,10,13H2,1H3,(H,25,26,29)/t21-/m0/s1. The molecule has 0 unspecified atom stereocenters. The van der Waals surface area contributed by atoms with Crippen molar-refractivity contribution in [1.82, 2.24) is 10.3 Å². The lowest BCUT2D eigenvalue weighted by atomic mass is 10.1. The third-order valence-electron chi connectivity index (χ3n) is 5.75. The molecule has 1 atom stereocenters. The van der Waals surface area contributed by atoms with Gasteiger partial charge in [-0.25, -0.2) is 5.01 Å². The summed E-state index contributed by atoms with van der Waals surface area (Å²) < 4.78 is 10.8. The molecule has 34 heavy (non-hydrogen) atoms. The van der Waals surface area contributed by atoms with Gasteiger partial charge in [0.15, 0.2) is 22.8 Å². The van der Waals surface area contributed by atoms with Gasteiger partial charge in [-0.15, -0.1) is 5.10 Å². The molecule has 0 spiro atoms. The summed E-state index contributed by atoms with van der Waals surface area (Å²) in [5, 5.41) is 22.6. The van der Waals surface area contributed by atoms with Crippen molar-refractivity contribution >= 4 is 34.2 Å². The van der Waals surface area contributed by atoms with E-state index in [9.17, 15) is 14.9 Å². The lowest BCUT2D eigenvalue weighted by Gasteiger charge is -2.33. The van der Waals surface area contributed by atoms with E-state index >= 15 is 0 Å². The molecule has 0 bridgehead atoms. The van der Waals surface area contributed by atoms with Crippen LogP contribution >= 0.6 is 11.8 Å². The van der Waals surface area contributed by atoms with Gasteiger partial charge >= 0.3 is 0 Å². The van der Waals surface area contributed by atoms with Crippen LogP contribution in [-0.2, 0) is 4.79 Å². The molecule has 176 valence electrons. The van der Waals surface area contributed by atoms with Gasteiger partial charge in [0, 0.05) is 11.0 Å². The van der Waals surface area contributed by atoms with Crippen molar-refractivity contribution in [3.8, 4) is 11.5 Å². The Balaban J connectivity index is 1.60. The average molecular weight is 482 g/mol. The van der Waals surface area contributed by atoms with Gasteiger partial charge in [0.25, 0.3) is 11.6 Å². The third-order valence-corrected chi connectivity index (χ3v) is 6.70. The number of benzene rings is 2. The second-order valence-electron chi connectivity index (χ2n) is 8.00. The Hall–Kier alpha value is -3.60. The summed E-state index contributed by atoms with van der Waals surface area (Å²) in [7, 11) is 0. The smallest absolute Gasteiger partial charge is 0.280 e. The molecule has 0 aliphatic carbocycles. The van der Waals surface area contributed by atoms with Crippen molar-refractivity contribution in [2.24, 2.45) is 10.1 Å². The SMILES string of the molecule is CCCCCCSC1=NN2C(=c3ccccc3=N[C@@H]2c2cc3c(cc2[N+](=O)[O-])OCO3)C(=O)N1. The summed E-state index contributed by atoms with van der Waals surface area (Å²) in [6, 6.07) is 10.1. The number of nitrogens with zero attached hydrogens (tertiary/aromatic N) is 4. The van der Waals surface area contributed by atoms with Crippen LogP contribution in [0.3, 0.4) is 0 Å². The van der Waals surface area contributed by atoms with Crippen LogP contribution in [0.15, 0.2) is 46.5 Å². The highest BCUT2D eigenvalue weighted by Crippen LogP contribution is 2.43. The molecular formula is C23H23N5O5S. The maximum absolute atomic E-state index is 13.2. The van der Waals surface area contributed by atoms with E-state index in [1.54, 1.807) is 18.2 Å². The zero-order valence-electron chi connectivity index (χ0n) is 18.5. The highest BCUT2D eigenvalue weighted by molar-refractivity contribution is 8.13. The van der Waals surface area contributed by atoms with Crippen LogP contribution in [0.2, 0.25) is 0 Å². The number of hydrazone groups is 1. The summed E-state index contributed by atoms with van der Waals surface area (Å²) in [4.78, 5) is 29.4. The van der Waals surface area contributed by atoms with Gasteiger partial charge in [0.1, 0.15) is 5.70 Å². The predicted molar refractivity (Wildman–Crippen MR) is 127 cm³/mol. The molecule has 0 saturated heterocycles. The van der Waals surface area contributed by atoms with Crippen LogP contribution in [-0.4, -0.2) is 33.6 Å². The van der Waals surface area contributed by atoms with Crippen LogP contribution in [0.5, 0.6) is 11.5 Å². The Morgan fingerprint density at radius 2 is 2.00 bits per heavy atom. The maximum Gasteiger partial charge on any atom is 0.280 e. The van der Waals surface area contributed by atoms with E-state index in [1.165, 1.54) is 22.8 Å². The Morgan fingerprint density at radius 1 is 1.21 bits per heavy atom. The number of nitrogens with one attached hydrogen (secondary N) is 1. The molecule has 0 fully saturated rings. The number of nitro groups is 1. The number of carbonyl (C=O) groups excluding carboxylic acids is 1. The van der Waals surface area contributed by atoms with Gasteiger partial charge < -0.3 is 9.47 Å². The van der Waals surface area contributed by atoms with E-state index in [4.69, 9.17) is 14.5 Å². The van der Waals surface area contributed by atoms with E-state index in [-0.39, 0.29) is 24.0 Å². The topological polar surface area (TPSA) is 119 Å². The molecule has 11 heteroatoms. The van der Waals surface area contributed by atoms with Crippen molar-refractivity contribution in [1.29, 1.82) is 0 Å². The maximum atomic E-state index is 13.2. The number of hydrogen-bond acceptors (Lipinski definition) is 9. The van der Waals surface area contributed by atoms with Gasteiger partial charge in [-0.3, -0.25) is 25.2 Å². The quantitative estimate of drug-likeness (QED) is 0.367. The molecule has 3 aliphatic heterocycles. The van der Waals surface area contributed by atoms with Crippen molar-refractivity contribution in [3.05, 3.63) is 62.7 Å². The van der Waals surface area contributed by atoms with Crippen LogP contribution < -0.4 is 25.4 Å². The molecule has 1 N–H and O–H groups in total. The number of thioether (sulfide) groups is 1. The fourth-order valence-corrected chi connectivity index (χ4v) is 4.96. The number of fused-ring (bicyclic) bond motifs is 3. The number of ether oxygens (including phenoxy) is 2. The van der Waals surface area contributed by atoms with Crippen molar-refractivity contribution in [2.45, 2.75) is 38.8 Å². The summed E-state index contributed by atoms with van der Waals surface area (Å²) in [5.41, 5.74) is 0.400. The molecular weight excluding hydrogens is 458 g/mol. The van der Waals surface area contributed by atoms with E-state index < -0.39 is 11.1 Å². The fraction of sp³-hybridized carbons (Fsp3) is 0.348. The lowest BCUT2D eigenvalue weighted by Crippen LogP contribution is -2.50. The summed E-state index contributed by atoms with van der Waals surface area (Å²) in [6.07, 6.45) is 3.51. The Morgan fingerprint density at radius 3 is 2.79 bits per heavy atom. The molecule has 1 amide bonds. The monoisotopic (exact) mass is 481 g/mol. The largest absolute Gasteiger partial charge is 0.454 e. The number of rotatable bonds is 7. The molecule has 0 saturated carbocycles. The summed E-state index contributed by atoms with van der Waals surface area (Å²) in [5.74, 6) is 1.19. The van der Waals surface area contributed by atoms with Crippen LogP contribution in [0.1, 0.15) is 44.3 Å². The van der Waals surface area contributed by atoms with Crippen LogP contribution in [0.4, 0.5) is 5.69 Å². The number of para-hydroxylation sites is 1. The predicted octanol–water partition coefficient (Wildman–Crippen LogP) is 2.78. The van der Waals surface area contributed by atoms with Crippen molar-refractivity contribution < 1.29 is 19.2 Å². The molecule has 2 aromatic rings. The minimum atomic E-state index is -0.915. The Kier molecular flexibility index (Phi) is 6.10. The second-order valence-corrected chi connectivity index (χ2v) is 9.09. The van der Waals surface area contributed by atoms with Crippen LogP contribution in [0.25, 0.3) is 5.70 Å². The number of amidine groups is 1. The highest BCUT2D eigenvalue weighted by Gasteiger charge is 2.38. The first kappa shape index (κ1) is 22.2. The molecule has 5 rings (SSSR count). The number of hydrogen-bond donors (Lipinski definition) is 1. The number of amides is 1. The van der Waals surface area contributed by atoms with Gasteiger partial charge in [-0.1, -0.05) is 56.1 Å². The second kappa shape index (κ2) is 9.34. The zero-order valence-corrected chi connectivity index (χ0v) is 19.3. The number of nitro benzene ring substituents is 1. The minimum Gasteiger partial charge on any atom is -0.454 e. The van der Waals surface area contributed by atoms with Crippen molar-refractivity contribution in [3.63, 3.8) is 0 Å². The first-order chi connectivity index (χ1) is 16.6. The number of unbranched alkanes of at least 4 members (excludes halogenated alkanes) is 3. The fourth-order valence-electron chi connectivity index (χ4n) is 4.10. The summed E-state index contributed by atoms with van der Waals surface area (Å²) >= 11 is 1.46. The average Bonchev–Trinajstić information content (AvgIpc) is 3.30. The molecule has 2 aromatic carbocycles. The van der Waals surface area contributed by atoms with Crippen molar-refractivity contribution in [2.75, 3.05) is 12.5 Å². The van der Waals surface area contributed by atoms with E-state index in [0.29, 0.717) is 32.9 Å². The first-order valence-electron chi connectivity index (χ1n) is 11.1. The Bertz CT molecular complexity index is 1310. The highest BCUT2D eigenvalue weighted by atomic mass is 32.2. The van der Waals surface area contributed by atoms with Gasteiger partial charge in [-0.05, 0) is 18.6 Å². The zero-order chi connectivity index (χ0) is 23.7. The van der Waals surface area contributed by atoms with E-state index in [0.717, 1.165) is 31.4 Å². The third kappa shape index (κ3) is 4.07. The normalized spacial score (nSPS) is 18.0. The van der Waals surface area contributed by atoms with Gasteiger partial charge in [-0.2, -0.15) is 0 Å². The molecule has 3 aliphatic rings. The molecule has 3 heterocycles. The van der Waals surface area contributed by atoms with E-state index in [2.05, 4.69) is 17.3 Å². The number of carbonyl (C=O) groups is 1. The Labute approximate surface area is 199 Å². The molecule has 0 radical (unpaired) electrons. The van der Waals surface area contributed by atoms with E-state index in [1.807, 2.05) is 12.1 Å². The molecule has 10 nitrogen and oxygen atoms in total. The lowest BCUT2D eigenvalue weighted by molar-refractivity contribution is -0.386. The minimum absolute atomic E-state index is 0.0128. The van der Waals surface area contributed by atoms with Gasteiger partial charge in [0.2, 0.25) is 6.79 Å². The van der Waals surface area contributed by atoms with Gasteiger partial charge in [0.05, 0.1) is 21.9 Å². The first-order valence-corrected chi connectivity index (χ1v) is 12.1. The summed E-state index contributed by atoms with van der Waals surface area (Å²) in [6.45, 7) is 2.14.